The Kier molecular flexibility index (Phi) is 5.35. The molecule has 3 aromatic rings. The van der Waals surface area contributed by atoms with E-state index in [1.54, 1.807) is 24.3 Å². The van der Waals surface area contributed by atoms with Gasteiger partial charge in [0.25, 0.3) is 5.91 Å². The standard InChI is InChI=1S/C19H13F3N4O2/c1-10(27)11-2-4-12(5-3-11)23-15-8-9-16(26-25-15)24-19(28)13-6-7-14(20)18(22)17(13)21/h2-9H,1H3,(H,23,25)(H,24,26,28). The highest BCUT2D eigenvalue weighted by Crippen LogP contribution is 2.18. The normalized spacial score (nSPS) is 10.4. The topological polar surface area (TPSA) is 84.0 Å². The molecule has 0 saturated carbocycles. The van der Waals surface area contributed by atoms with Crippen LogP contribution in [-0.2, 0) is 0 Å². The van der Waals surface area contributed by atoms with E-state index in [0.29, 0.717) is 23.1 Å². The molecule has 1 aromatic heterocycles. The number of Topliss-reactive ketones (excluding diaryl/α,β-unsaturated/α-hetero) is 1. The largest absolute Gasteiger partial charge is 0.339 e. The molecule has 0 bridgehead atoms. The fraction of sp³-hybridized carbons (Fsp3) is 0.0526. The zero-order chi connectivity index (χ0) is 20.3. The van der Waals surface area contributed by atoms with Crippen LogP contribution >= 0.6 is 0 Å². The molecule has 28 heavy (non-hydrogen) atoms. The SMILES string of the molecule is CC(=O)c1ccc(Nc2ccc(NC(=O)c3ccc(F)c(F)c3F)nn2)cc1. The van der Waals surface area contributed by atoms with Crippen molar-refractivity contribution in [3.63, 3.8) is 0 Å². The molecule has 3 rings (SSSR count). The van der Waals surface area contributed by atoms with E-state index in [1.807, 2.05) is 0 Å². The number of hydrogen-bond acceptors (Lipinski definition) is 5. The lowest BCUT2D eigenvalue weighted by atomic mass is 10.1. The van der Waals surface area contributed by atoms with Crippen LogP contribution in [0.15, 0.2) is 48.5 Å². The number of anilines is 3. The summed E-state index contributed by atoms with van der Waals surface area (Å²) in [6.45, 7) is 1.47. The number of carbonyl (C=O) groups excluding carboxylic acids is 2. The number of benzene rings is 2. The van der Waals surface area contributed by atoms with Crippen molar-refractivity contribution in [2.45, 2.75) is 6.92 Å². The highest BCUT2D eigenvalue weighted by atomic mass is 19.2. The van der Waals surface area contributed by atoms with Crippen LogP contribution in [-0.4, -0.2) is 21.9 Å². The van der Waals surface area contributed by atoms with Crippen molar-refractivity contribution in [2.75, 3.05) is 10.6 Å². The van der Waals surface area contributed by atoms with Gasteiger partial charge in [0.2, 0.25) is 0 Å². The zero-order valence-electron chi connectivity index (χ0n) is 14.5. The molecule has 0 aliphatic rings. The number of hydrogen-bond donors (Lipinski definition) is 2. The van der Waals surface area contributed by atoms with Gasteiger partial charge in [-0.15, -0.1) is 10.2 Å². The molecule has 2 aromatic carbocycles. The molecule has 0 aliphatic carbocycles. The first-order chi connectivity index (χ1) is 13.3. The molecule has 142 valence electrons. The van der Waals surface area contributed by atoms with Crippen molar-refractivity contribution in [3.8, 4) is 0 Å². The van der Waals surface area contributed by atoms with Gasteiger partial charge in [0.15, 0.2) is 34.9 Å². The molecule has 0 fully saturated rings. The van der Waals surface area contributed by atoms with E-state index >= 15 is 0 Å². The minimum atomic E-state index is -1.73. The van der Waals surface area contributed by atoms with Gasteiger partial charge in [-0.25, -0.2) is 13.2 Å². The van der Waals surface area contributed by atoms with Crippen LogP contribution in [0.25, 0.3) is 0 Å². The van der Waals surface area contributed by atoms with Gasteiger partial charge in [0.05, 0.1) is 5.56 Å². The van der Waals surface area contributed by atoms with Crippen LogP contribution in [0.4, 0.5) is 30.5 Å². The van der Waals surface area contributed by atoms with Gasteiger partial charge in [0.1, 0.15) is 0 Å². The predicted octanol–water partition coefficient (Wildman–Crippen LogP) is 4.09. The third kappa shape index (κ3) is 4.14. The Morgan fingerprint density at radius 3 is 2.07 bits per heavy atom. The lowest BCUT2D eigenvalue weighted by Gasteiger charge is -2.08. The van der Waals surface area contributed by atoms with E-state index in [4.69, 9.17) is 0 Å². The van der Waals surface area contributed by atoms with E-state index in [-0.39, 0.29) is 11.6 Å². The predicted molar refractivity (Wildman–Crippen MR) is 96.0 cm³/mol. The first-order valence-electron chi connectivity index (χ1n) is 8.02. The average Bonchev–Trinajstić information content (AvgIpc) is 2.68. The second-order valence-electron chi connectivity index (χ2n) is 5.74. The van der Waals surface area contributed by atoms with Crippen LogP contribution in [0.3, 0.4) is 0 Å². The Hall–Kier alpha value is -3.75. The van der Waals surface area contributed by atoms with Crippen LogP contribution in [0, 0.1) is 17.5 Å². The minimum Gasteiger partial charge on any atom is -0.339 e. The van der Waals surface area contributed by atoms with Gasteiger partial charge in [-0.1, -0.05) is 0 Å². The Labute approximate surface area is 157 Å². The fourth-order valence-corrected chi connectivity index (χ4v) is 2.29. The molecule has 1 heterocycles. The number of amides is 1. The number of aromatic nitrogens is 2. The summed E-state index contributed by atoms with van der Waals surface area (Å²) in [6, 6.07) is 11.1. The van der Waals surface area contributed by atoms with Crippen LogP contribution in [0.5, 0.6) is 0 Å². The minimum absolute atomic E-state index is 0.00777. The van der Waals surface area contributed by atoms with Gasteiger partial charge in [-0.05, 0) is 55.5 Å². The highest BCUT2D eigenvalue weighted by Gasteiger charge is 2.19. The molecule has 2 N–H and O–H groups in total. The maximum absolute atomic E-state index is 13.7. The number of nitrogens with one attached hydrogen (secondary N) is 2. The molecular formula is C19H13F3N4O2. The van der Waals surface area contributed by atoms with E-state index in [0.717, 1.165) is 6.07 Å². The average molecular weight is 386 g/mol. The van der Waals surface area contributed by atoms with E-state index < -0.39 is 28.9 Å². The Morgan fingerprint density at radius 1 is 0.821 bits per heavy atom. The van der Waals surface area contributed by atoms with Gasteiger partial charge < -0.3 is 10.6 Å². The van der Waals surface area contributed by atoms with Crippen LogP contribution in [0.2, 0.25) is 0 Å². The maximum Gasteiger partial charge on any atom is 0.259 e. The molecule has 0 atom stereocenters. The summed E-state index contributed by atoms with van der Waals surface area (Å²) >= 11 is 0. The molecule has 6 nitrogen and oxygen atoms in total. The summed E-state index contributed by atoms with van der Waals surface area (Å²) < 4.78 is 39.8. The van der Waals surface area contributed by atoms with Crippen molar-refractivity contribution in [1.29, 1.82) is 0 Å². The fourth-order valence-electron chi connectivity index (χ4n) is 2.29. The number of halogens is 3. The zero-order valence-corrected chi connectivity index (χ0v) is 14.5. The van der Waals surface area contributed by atoms with Gasteiger partial charge in [-0.3, -0.25) is 9.59 Å². The summed E-state index contributed by atoms with van der Waals surface area (Å²) in [5.74, 6) is -5.40. The molecule has 0 saturated heterocycles. The molecule has 0 spiro atoms. The Morgan fingerprint density at radius 2 is 1.46 bits per heavy atom. The summed E-state index contributed by atoms with van der Waals surface area (Å²) in [5, 5.41) is 12.8. The van der Waals surface area contributed by atoms with Gasteiger partial charge >= 0.3 is 0 Å². The first-order valence-corrected chi connectivity index (χ1v) is 8.02. The first kappa shape index (κ1) is 19.0. The molecular weight excluding hydrogens is 373 g/mol. The van der Waals surface area contributed by atoms with E-state index in [2.05, 4.69) is 20.8 Å². The number of carbonyl (C=O) groups is 2. The monoisotopic (exact) mass is 386 g/mol. The van der Waals surface area contributed by atoms with Gasteiger partial charge in [0, 0.05) is 11.3 Å². The summed E-state index contributed by atoms with van der Waals surface area (Å²) in [7, 11) is 0. The van der Waals surface area contributed by atoms with Crippen LogP contribution in [0.1, 0.15) is 27.6 Å². The second-order valence-corrected chi connectivity index (χ2v) is 5.74. The van der Waals surface area contributed by atoms with Crippen molar-refractivity contribution >= 4 is 29.0 Å². The molecule has 0 aliphatic heterocycles. The summed E-state index contributed by atoms with van der Waals surface area (Å²) in [4.78, 5) is 23.3. The number of nitrogens with zero attached hydrogens (tertiary/aromatic N) is 2. The van der Waals surface area contributed by atoms with Gasteiger partial charge in [-0.2, -0.15) is 0 Å². The molecule has 0 radical (unpaired) electrons. The smallest absolute Gasteiger partial charge is 0.259 e. The van der Waals surface area contributed by atoms with Crippen molar-refractivity contribution in [1.82, 2.24) is 10.2 Å². The van der Waals surface area contributed by atoms with E-state index in [9.17, 15) is 22.8 Å². The van der Waals surface area contributed by atoms with Crippen molar-refractivity contribution in [2.24, 2.45) is 0 Å². The Bertz CT molecular complexity index is 1040. The number of rotatable bonds is 5. The van der Waals surface area contributed by atoms with E-state index in [1.165, 1.54) is 19.1 Å². The number of ketones is 1. The molecule has 9 heteroatoms. The van der Waals surface area contributed by atoms with Crippen molar-refractivity contribution in [3.05, 3.63) is 77.1 Å². The third-order valence-corrected chi connectivity index (χ3v) is 3.75. The summed E-state index contributed by atoms with van der Waals surface area (Å²) in [6.07, 6.45) is 0. The van der Waals surface area contributed by atoms with Crippen molar-refractivity contribution < 1.29 is 22.8 Å². The van der Waals surface area contributed by atoms with Crippen LogP contribution < -0.4 is 10.6 Å². The lowest BCUT2D eigenvalue weighted by molar-refractivity contribution is 0.101. The molecule has 0 unspecified atom stereocenters. The summed E-state index contributed by atoms with van der Waals surface area (Å²) in [5.41, 5.74) is 0.576. The quantitative estimate of drug-likeness (QED) is 0.510. The molecule has 1 amide bonds. The lowest BCUT2D eigenvalue weighted by Crippen LogP contribution is -2.16. The Balaban J connectivity index is 1.68. The second kappa shape index (κ2) is 7.87. The maximum atomic E-state index is 13.7. The third-order valence-electron chi connectivity index (χ3n) is 3.75. The highest BCUT2D eigenvalue weighted by molar-refractivity contribution is 6.04.